The van der Waals surface area contributed by atoms with Gasteiger partial charge in [-0.1, -0.05) is 104 Å². The van der Waals surface area contributed by atoms with Gasteiger partial charge in [0, 0.05) is 19.6 Å². The van der Waals surface area contributed by atoms with Gasteiger partial charge in [0.2, 0.25) is 0 Å². The molecule has 0 rings (SSSR count). The molecule has 0 aromatic rings. The molecule has 0 unspecified atom stereocenters. The number of rotatable bonds is 27. The van der Waals surface area contributed by atoms with Crippen LogP contribution in [0.5, 0.6) is 0 Å². The van der Waals surface area contributed by atoms with Crippen molar-refractivity contribution in [2.24, 2.45) is 0 Å². The van der Waals surface area contributed by atoms with E-state index in [4.69, 9.17) is 18.9 Å². The quantitative estimate of drug-likeness (QED) is 0.0702. The average molecular weight is 457 g/mol. The van der Waals surface area contributed by atoms with Crippen molar-refractivity contribution in [3.05, 3.63) is 12.3 Å². The first kappa shape index (κ1) is 31.4. The number of unbranched alkanes of at least 4 members (excludes halogenated alkanes) is 13. The van der Waals surface area contributed by atoms with Gasteiger partial charge in [0.05, 0.1) is 12.9 Å². The fraction of sp³-hybridized carbons (Fsp3) is 0.929. The Hall–Kier alpha value is -0.580. The zero-order valence-corrected chi connectivity index (χ0v) is 21.9. The van der Waals surface area contributed by atoms with Crippen molar-refractivity contribution in [2.75, 3.05) is 26.6 Å². The highest BCUT2D eigenvalue weighted by atomic mass is 16.7. The van der Waals surface area contributed by atoms with Crippen LogP contribution in [0.3, 0.4) is 0 Å². The largest absolute Gasteiger partial charge is 0.475 e. The minimum Gasteiger partial charge on any atom is -0.475 e. The molecule has 0 bridgehead atoms. The molecule has 0 fully saturated rings. The van der Waals surface area contributed by atoms with E-state index in [0.29, 0.717) is 6.79 Å². The molecule has 0 radical (unpaired) electrons. The van der Waals surface area contributed by atoms with Gasteiger partial charge in [-0.15, -0.1) is 0 Å². The lowest BCUT2D eigenvalue weighted by Crippen LogP contribution is -2.18. The van der Waals surface area contributed by atoms with Crippen molar-refractivity contribution in [1.82, 2.24) is 0 Å². The van der Waals surface area contributed by atoms with E-state index < -0.39 is 0 Å². The van der Waals surface area contributed by atoms with Crippen LogP contribution in [0.4, 0.5) is 0 Å². The highest BCUT2D eigenvalue weighted by Gasteiger charge is 2.08. The molecule has 0 aromatic heterocycles. The van der Waals surface area contributed by atoms with Gasteiger partial charge in [-0.05, 0) is 31.8 Å². The lowest BCUT2D eigenvalue weighted by molar-refractivity contribution is -0.146. The van der Waals surface area contributed by atoms with E-state index in [-0.39, 0.29) is 6.29 Å². The van der Waals surface area contributed by atoms with Crippen molar-refractivity contribution in [1.29, 1.82) is 0 Å². The van der Waals surface area contributed by atoms with Crippen molar-refractivity contribution in [2.45, 2.75) is 143 Å². The Balaban J connectivity index is 3.92. The van der Waals surface area contributed by atoms with Crippen LogP contribution in [0.2, 0.25) is 0 Å². The monoisotopic (exact) mass is 456 g/mol. The average Bonchev–Trinajstić information content (AvgIpc) is 2.80. The third-order valence-electron chi connectivity index (χ3n) is 5.66. The third kappa shape index (κ3) is 25.7. The topological polar surface area (TPSA) is 36.9 Å². The Morgan fingerprint density at radius 2 is 1.06 bits per heavy atom. The first-order valence-electron chi connectivity index (χ1n) is 13.9. The normalized spacial score (nSPS) is 11.8. The summed E-state index contributed by atoms with van der Waals surface area (Å²) in [4.78, 5) is 0. The molecule has 0 spiro atoms. The summed E-state index contributed by atoms with van der Waals surface area (Å²) in [5.74, 6) is 0. The van der Waals surface area contributed by atoms with Gasteiger partial charge in [-0.25, -0.2) is 0 Å². The van der Waals surface area contributed by atoms with Crippen LogP contribution < -0.4 is 0 Å². The maximum Gasteiger partial charge on any atom is 0.188 e. The SMILES string of the molecule is CCCCCCCCCOC(CCC=COCOCCCC)OCCCCCCCCC. The molecule has 0 aliphatic rings. The molecule has 4 nitrogen and oxygen atoms in total. The summed E-state index contributed by atoms with van der Waals surface area (Å²) >= 11 is 0. The van der Waals surface area contributed by atoms with E-state index in [1.165, 1.54) is 77.0 Å². The van der Waals surface area contributed by atoms with E-state index in [0.717, 1.165) is 58.3 Å². The standard InChI is InChI=1S/C28H56O4/c1-4-7-10-12-14-16-19-25-31-28(32-26-20-17-15-13-11-8-5-2)22-18-21-24-30-27-29-23-9-6-3/h21,24,28H,4-20,22-23,25-27H2,1-3H3. The minimum atomic E-state index is -0.0966. The van der Waals surface area contributed by atoms with Gasteiger partial charge in [0.15, 0.2) is 13.1 Å². The molecular weight excluding hydrogens is 400 g/mol. The summed E-state index contributed by atoms with van der Waals surface area (Å²) in [6.45, 7) is 9.41. The predicted molar refractivity (Wildman–Crippen MR) is 137 cm³/mol. The fourth-order valence-electron chi connectivity index (χ4n) is 3.52. The first-order valence-corrected chi connectivity index (χ1v) is 13.9. The summed E-state index contributed by atoms with van der Waals surface area (Å²) in [7, 11) is 0. The Morgan fingerprint density at radius 3 is 1.59 bits per heavy atom. The lowest BCUT2D eigenvalue weighted by atomic mass is 10.1. The van der Waals surface area contributed by atoms with Gasteiger partial charge in [-0.2, -0.15) is 0 Å². The van der Waals surface area contributed by atoms with Crippen LogP contribution in [0.1, 0.15) is 136 Å². The summed E-state index contributed by atoms with van der Waals surface area (Å²) < 4.78 is 22.9. The molecule has 0 N–H and O–H groups in total. The Bertz CT molecular complexity index is 339. The highest BCUT2D eigenvalue weighted by molar-refractivity contribution is 4.73. The van der Waals surface area contributed by atoms with Crippen LogP contribution in [0.25, 0.3) is 0 Å². The summed E-state index contributed by atoms with van der Waals surface area (Å²) in [5, 5.41) is 0. The highest BCUT2D eigenvalue weighted by Crippen LogP contribution is 2.12. The molecule has 0 aromatic carbocycles. The molecule has 0 saturated heterocycles. The van der Waals surface area contributed by atoms with Crippen LogP contribution >= 0.6 is 0 Å². The maximum atomic E-state index is 6.08. The van der Waals surface area contributed by atoms with Crippen LogP contribution in [0.15, 0.2) is 12.3 Å². The molecule has 32 heavy (non-hydrogen) atoms. The van der Waals surface area contributed by atoms with Crippen molar-refractivity contribution >= 4 is 0 Å². The molecule has 0 aliphatic heterocycles. The minimum absolute atomic E-state index is 0.0966. The van der Waals surface area contributed by atoms with Crippen molar-refractivity contribution in [3.63, 3.8) is 0 Å². The second kappa shape index (κ2) is 28.5. The van der Waals surface area contributed by atoms with Gasteiger partial charge < -0.3 is 18.9 Å². The molecule has 0 aliphatic carbocycles. The predicted octanol–water partition coefficient (Wildman–Crippen LogP) is 8.93. The smallest absolute Gasteiger partial charge is 0.188 e. The second-order valence-corrected chi connectivity index (χ2v) is 8.91. The zero-order chi connectivity index (χ0) is 23.4. The van der Waals surface area contributed by atoms with Gasteiger partial charge in [0.1, 0.15) is 0 Å². The van der Waals surface area contributed by atoms with Crippen LogP contribution in [-0.2, 0) is 18.9 Å². The summed E-state index contributed by atoms with van der Waals surface area (Å²) in [6.07, 6.45) is 26.0. The first-order chi connectivity index (χ1) is 15.8. The van der Waals surface area contributed by atoms with Gasteiger partial charge >= 0.3 is 0 Å². The molecule has 0 heterocycles. The van der Waals surface area contributed by atoms with E-state index >= 15 is 0 Å². The van der Waals surface area contributed by atoms with Crippen molar-refractivity contribution < 1.29 is 18.9 Å². The number of hydrogen-bond donors (Lipinski definition) is 0. The van der Waals surface area contributed by atoms with Gasteiger partial charge in [0.25, 0.3) is 0 Å². The fourth-order valence-corrected chi connectivity index (χ4v) is 3.52. The Kier molecular flexibility index (Phi) is 27.9. The van der Waals surface area contributed by atoms with E-state index in [9.17, 15) is 0 Å². The molecule has 192 valence electrons. The third-order valence-corrected chi connectivity index (χ3v) is 5.66. The molecule has 0 amide bonds. The Labute approximate surface area is 200 Å². The van der Waals surface area contributed by atoms with E-state index in [1.54, 1.807) is 6.26 Å². The molecule has 0 atom stereocenters. The maximum absolute atomic E-state index is 6.08. The van der Waals surface area contributed by atoms with E-state index in [2.05, 4.69) is 20.8 Å². The van der Waals surface area contributed by atoms with E-state index in [1.807, 2.05) is 6.08 Å². The van der Waals surface area contributed by atoms with Crippen LogP contribution in [-0.4, -0.2) is 32.9 Å². The van der Waals surface area contributed by atoms with Gasteiger partial charge in [-0.3, -0.25) is 0 Å². The molecule has 4 heteroatoms. The zero-order valence-electron chi connectivity index (χ0n) is 21.9. The van der Waals surface area contributed by atoms with Crippen molar-refractivity contribution in [3.8, 4) is 0 Å². The van der Waals surface area contributed by atoms with Crippen LogP contribution in [0, 0.1) is 0 Å². The Morgan fingerprint density at radius 1 is 0.562 bits per heavy atom. The number of hydrogen-bond acceptors (Lipinski definition) is 4. The molecule has 0 saturated carbocycles. The second-order valence-electron chi connectivity index (χ2n) is 8.91. The number of allylic oxidation sites excluding steroid dienone is 1. The lowest BCUT2D eigenvalue weighted by Gasteiger charge is -2.18. The number of ether oxygens (including phenoxy) is 4. The summed E-state index contributed by atoms with van der Waals surface area (Å²) in [5.41, 5.74) is 0. The molecular formula is C28H56O4. The summed E-state index contributed by atoms with van der Waals surface area (Å²) in [6, 6.07) is 0.